The highest BCUT2D eigenvalue weighted by Gasteiger charge is 2.12. The van der Waals surface area contributed by atoms with Crippen LogP contribution in [0.1, 0.15) is 10.4 Å². The van der Waals surface area contributed by atoms with Crippen molar-refractivity contribution in [2.75, 3.05) is 5.32 Å². The molecule has 25 heavy (non-hydrogen) atoms. The Morgan fingerprint density at radius 1 is 0.880 bits per heavy atom. The van der Waals surface area contributed by atoms with E-state index in [1.807, 2.05) is 66.7 Å². The van der Waals surface area contributed by atoms with E-state index in [4.69, 9.17) is 0 Å². The van der Waals surface area contributed by atoms with E-state index in [0.29, 0.717) is 17.1 Å². The highest BCUT2D eigenvalue weighted by Crippen LogP contribution is 2.19. The van der Waals surface area contributed by atoms with Crippen molar-refractivity contribution in [3.05, 3.63) is 94.8 Å². The molecule has 0 spiro atoms. The Kier molecular flexibility index (Phi) is 3.67. The van der Waals surface area contributed by atoms with E-state index in [1.54, 1.807) is 6.07 Å². The van der Waals surface area contributed by atoms with E-state index in [1.165, 1.54) is 10.7 Å². The Balaban J connectivity index is 1.67. The van der Waals surface area contributed by atoms with E-state index in [9.17, 15) is 9.59 Å². The summed E-state index contributed by atoms with van der Waals surface area (Å²) in [7, 11) is 0. The number of hydrogen-bond acceptors (Lipinski definition) is 2. The van der Waals surface area contributed by atoms with Crippen molar-refractivity contribution >= 4 is 22.5 Å². The van der Waals surface area contributed by atoms with Gasteiger partial charge in [-0.05, 0) is 29.0 Å². The van der Waals surface area contributed by atoms with Crippen LogP contribution >= 0.6 is 0 Å². The number of nitrogens with one attached hydrogen (secondary N) is 2. The zero-order valence-electron chi connectivity index (χ0n) is 13.3. The summed E-state index contributed by atoms with van der Waals surface area (Å²) in [4.78, 5) is 24.8. The van der Waals surface area contributed by atoms with Crippen LogP contribution in [0.5, 0.6) is 0 Å². The summed E-state index contributed by atoms with van der Waals surface area (Å²) in [6.45, 7) is 0. The largest absolute Gasteiger partial charge is 0.307 e. The normalized spacial score (nSPS) is 10.7. The summed E-state index contributed by atoms with van der Waals surface area (Å²) in [5.41, 5.74) is 1.03. The van der Waals surface area contributed by atoms with Crippen molar-refractivity contribution in [1.82, 2.24) is 9.78 Å². The lowest BCUT2D eigenvalue weighted by atomic mass is 10.0. The van der Waals surface area contributed by atoms with E-state index >= 15 is 0 Å². The van der Waals surface area contributed by atoms with Crippen LogP contribution < -0.4 is 10.9 Å². The molecule has 0 unspecified atom stereocenters. The highest BCUT2D eigenvalue weighted by molar-refractivity contribution is 6.12. The van der Waals surface area contributed by atoms with Gasteiger partial charge in [0.25, 0.3) is 11.5 Å². The molecule has 122 valence electrons. The molecule has 5 heteroatoms. The second-order valence-electron chi connectivity index (χ2n) is 5.66. The van der Waals surface area contributed by atoms with E-state index in [-0.39, 0.29) is 11.5 Å². The van der Waals surface area contributed by atoms with Gasteiger partial charge in [-0.1, -0.05) is 54.6 Å². The Morgan fingerprint density at radius 3 is 2.44 bits per heavy atom. The molecule has 0 aliphatic carbocycles. The Morgan fingerprint density at radius 2 is 1.60 bits per heavy atom. The number of rotatable bonds is 3. The molecule has 4 aromatic rings. The smallest absolute Gasteiger partial charge is 0.273 e. The molecule has 2 N–H and O–H groups in total. The van der Waals surface area contributed by atoms with E-state index in [2.05, 4.69) is 10.4 Å². The molecule has 1 aromatic heterocycles. The van der Waals surface area contributed by atoms with Crippen LogP contribution in [0.15, 0.2) is 83.7 Å². The lowest BCUT2D eigenvalue weighted by Crippen LogP contribution is -2.14. The molecule has 1 heterocycles. The average Bonchev–Trinajstić information content (AvgIpc) is 3.02. The van der Waals surface area contributed by atoms with Gasteiger partial charge in [0.1, 0.15) is 5.82 Å². The first kappa shape index (κ1) is 15.0. The molecular weight excluding hydrogens is 314 g/mol. The first-order valence-corrected chi connectivity index (χ1v) is 7.89. The maximum atomic E-state index is 12.6. The van der Waals surface area contributed by atoms with Gasteiger partial charge < -0.3 is 5.32 Å². The number of H-pyrrole nitrogens is 1. The zero-order valence-corrected chi connectivity index (χ0v) is 13.3. The fraction of sp³-hybridized carbons (Fsp3) is 0. The number of para-hydroxylation sites is 1. The molecule has 0 radical (unpaired) electrons. The van der Waals surface area contributed by atoms with Crippen LogP contribution in [0, 0.1) is 0 Å². The van der Waals surface area contributed by atoms with Gasteiger partial charge in [-0.15, -0.1) is 0 Å². The fourth-order valence-corrected chi connectivity index (χ4v) is 2.84. The third kappa shape index (κ3) is 2.83. The lowest BCUT2D eigenvalue weighted by Gasteiger charge is -2.07. The standard InChI is InChI=1S/C20H15N3O2/c24-19-13-18(22-23(19)15-9-2-1-3-10-15)21-20(25)17-12-6-8-14-7-4-5-11-16(14)17/h1-13,22H,(H,21,25). The van der Waals surface area contributed by atoms with Gasteiger partial charge in [0.2, 0.25) is 0 Å². The van der Waals surface area contributed by atoms with Crippen molar-refractivity contribution in [3.63, 3.8) is 0 Å². The lowest BCUT2D eigenvalue weighted by molar-refractivity contribution is 0.102. The van der Waals surface area contributed by atoms with Crippen molar-refractivity contribution < 1.29 is 4.79 Å². The summed E-state index contributed by atoms with van der Waals surface area (Å²) in [6.07, 6.45) is 0. The van der Waals surface area contributed by atoms with Gasteiger partial charge >= 0.3 is 0 Å². The zero-order chi connectivity index (χ0) is 17.2. The first-order chi connectivity index (χ1) is 12.2. The van der Waals surface area contributed by atoms with Gasteiger partial charge in [0.15, 0.2) is 0 Å². The number of carbonyl (C=O) groups excluding carboxylic acids is 1. The van der Waals surface area contributed by atoms with Gasteiger partial charge in [-0.3, -0.25) is 14.7 Å². The molecule has 0 aliphatic rings. The topological polar surface area (TPSA) is 66.9 Å². The number of benzene rings is 3. The summed E-state index contributed by atoms with van der Waals surface area (Å²) < 4.78 is 1.39. The van der Waals surface area contributed by atoms with Crippen LogP contribution in [-0.4, -0.2) is 15.7 Å². The molecule has 0 saturated heterocycles. The second-order valence-corrected chi connectivity index (χ2v) is 5.66. The molecule has 0 saturated carbocycles. The van der Waals surface area contributed by atoms with Crippen molar-refractivity contribution in [1.29, 1.82) is 0 Å². The molecular formula is C20H15N3O2. The SMILES string of the molecule is O=C(Nc1cc(=O)n(-c2ccccc2)[nH]1)c1cccc2ccccc12. The summed E-state index contributed by atoms with van der Waals surface area (Å²) >= 11 is 0. The number of carbonyl (C=O) groups is 1. The summed E-state index contributed by atoms with van der Waals surface area (Å²) in [5.74, 6) is 0.0880. The van der Waals surface area contributed by atoms with Crippen LogP contribution in [-0.2, 0) is 0 Å². The maximum absolute atomic E-state index is 12.6. The van der Waals surface area contributed by atoms with Gasteiger partial charge in [0, 0.05) is 11.6 Å². The monoisotopic (exact) mass is 329 g/mol. The number of fused-ring (bicyclic) bond motifs is 1. The molecule has 0 bridgehead atoms. The fourth-order valence-electron chi connectivity index (χ4n) is 2.84. The average molecular weight is 329 g/mol. The molecule has 1 amide bonds. The Bertz CT molecular complexity index is 1110. The Labute approximate surface area is 143 Å². The van der Waals surface area contributed by atoms with Gasteiger partial charge in [-0.2, -0.15) is 0 Å². The highest BCUT2D eigenvalue weighted by atomic mass is 16.2. The van der Waals surface area contributed by atoms with Crippen LogP contribution in [0.4, 0.5) is 5.82 Å². The van der Waals surface area contributed by atoms with Crippen LogP contribution in [0.3, 0.4) is 0 Å². The number of nitrogens with zero attached hydrogens (tertiary/aromatic N) is 1. The number of amides is 1. The second kappa shape index (κ2) is 6.13. The maximum Gasteiger partial charge on any atom is 0.273 e. The van der Waals surface area contributed by atoms with Crippen LogP contribution in [0.25, 0.3) is 16.5 Å². The quantitative estimate of drug-likeness (QED) is 0.603. The van der Waals surface area contributed by atoms with Crippen molar-refractivity contribution in [2.24, 2.45) is 0 Å². The molecule has 3 aromatic carbocycles. The summed E-state index contributed by atoms with van der Waals surface area (Å²) in [6, 6.07) is 23.8. The third-order valence-electron chi connectivity index (χ3n) is 4.02. The number of aromatic amines is 1. The van der Waals surface area contributed by atoms with Crippen molar-refractivity contribution in [3.8, 4) is 5.69 Å². The first-order valence-electron chi connectivity index (χ1n) is 7.89. The number of hydrogen-bond donors (Lipinski definition) is 2. The van der Waals surface area contributed by atoms with Gasteiger partial charge in [-0.25, -0.2) is 4.68 Å². The number of aromatic nitrogens is 2. The molecule has 0 atom stereocenters. The third-order valence-corrected chi connectivity index (χ3v) is 4.02. The summed E-state index contributed by atoms with van der Waals surface area (Å²) in [5, 5.41) is 7.54. The number of anilines is 1. The van der Waals surface area contributed by atoms with Crippen molar-refractivity contribution in [2.45, 2.75) is 0 Å². The Hall–Kier alpha value is -3.60. The molecule has 5 nitrogen and oxygen atoms in total. The predicted molar refractivity (Wildman–Crippen MR) is 98.3 cm³/mol. The van der Waals surface area contributed by atoms with Crippen LogP contribution in [0.2, 0.25) is 0 Å². The predicted octanol–water partition coefficient (Wildman–Crippen LogP) is 3.57. The molecule has 0 aliphatic heterocycles. The minimum absolute atomic E-state index is 0.237. The van der Waals surface area contributed by atoms with E-state index in [0.717, 1.165) is 10.8 Å². The molecule has 4 rings (SSSR count). The minimum Gasteiger partial charge on any atom is -0.307 e. The minimum atomic E-state index is -0.265. The molecule has 0 fully saturated rings. The van der Waals surface area contributed by atoms with Gasteiger partial charge in [0.05, 0.1) is 5.69 Å². The van der Waals surface area contributed by atoms with E-state index < -0.39 is 0 Å².